The molecule has 1 unspecified atom stereocenters. The molecule has 2 heterocycles. The molecule has 4 rings (SSSR count). The van der Waals surface area contributed by atoms with E-state index < -0.39 is 53.7 Å². The zero-order valence-electron chi connectivity index (χ0n) is 24.3. The van der Waals surface area contributed by atoms with E-state index in [1.165, 1.54) is 29.2 Å². The summed E-state index contributed by atoms with van der Waals surface area (Å²) in [4.78, 5) is 47.0. The number of carboxylic acids is 3. The first kappa shape index (κ1) is 34.4. The van der Waals surface area contributed by atoms with Crippen LogP contribution in [0.25, 0.3) is 0 Å². The quantitative estimate of drug-likeness (QED) is 0.262. The van der Waals surface area contributed by atoms with E-state index in [1.54, 1.807) is 26.2 Å². The van der Waals surface area contributed by atoms with Crippen molar-refractivity contribution in [2.45, 2.75) is 49.9 Å². The van der Waals surface area contributed by atoms with Gasteiger partial charge in [0.25, 0.3) is 0 Å². The number of rotatable bonds is 10. The number of likely N-dealkylation sites (tertiary alicyclic amines) is 1. The number of carboxylic acid groups (broad SMARTS) is 3. The molecule has 1 atom stereocenters. The Labute approximate surface area is 252 Å². The number of fused-ring (bicyclic) bond motifs is 2. The first-order valence-electron chi connectivity index (χ1n) is 13.8. The summed E-state index contributed by atoms with van der Waals surface area (Å²) in [7, 11) is 3.38. The number of piperidine rings is 1. The van der Waals surface area contributed by atoms with Crippen LogP contribution in [0.4, 0.5) is 8.78 Å². The number of nitrogens with zero attached hydrogens (tertiary/aromatic N) is 2. The van der Waals surface area contributed by atoms with Gasteiger partial charge in [0.2, 0.25) is 5.91 Å². The number of aliphatic hydroxyl groups is 1. The third-order valence-electron chi connectivity index (χ3n) is 7.78. The SMILES string of the molecule is CN(C)C(=O)C(Cc1cc(O)ccc1F)CN1CCC2(CC1)OCc1ccc(F)cc12.O=C(O)CC(O)(CC(=O)O)C(=O)O. The van der Waals surface area contributed by atoms with Gasteiger partial charge in [0.1, 0.15) is 17.4 Å². The van der Waals surface area contributed by atoms with Gasteiger partial charge in [-0.25, -0.2) is 13.6 Å². The predicted molar refractivity (Wildman–Crippen MR) is 150 cm³/mol. The number of hydrogen-bond donors (Lipinski definition) is 5. The van der Waals surface area contributed by atoms with E-state index in [-0.39, 0.29) is 23.9 Å². The number of aromatic hydroxyl groups is 1. The van der Waals surface area contributed by atoms with E-state index in [4.69, 9.17) is 25.2 Å². The minimum atomic E-state index is -2.74. The Kier molecular flexibility index (Phi) is 11.0. The number of hydrogen-bond acceptors (Lipinski definition) is 8. The van der Waals surface area contributed by atoms with Crippen molar-refractivity contribution in [3.63, 3.8) is 0 Å². The molecule has 240 valence electrons. The maximum atomic E-state index is 14.2. The Morgan fingerprint density at radius 3 is 2.16 bits per heavy atom. The molecule has 0 radical (unpaired) electrons. The smallest absolute Gasteiger partial charge is 0.336 e. The Morgan fingerprint density at radius 1 is 1.00 bits per heavy atom. The first-order valence-corrected chi connectivity index (χ1v) is 13.8. The topological polar surface area (TPSA) is 185 Å². The Balaban J connectivity index is 0.000000345. The van der Waals surface area contributed by atoms with Crippen LogP contribution >= 0.6 is 0 Å². The average Bonchev–Trinajstić information content (AvgIpc) is 3.27. The highest BCUT2D eigenvalue weighted by Gasteiger charge is 2.43. The van der Waals surface area contributed by atoms with E-state index >= 15 is 0 Å². The average molecular weight is 623 g/mol. The molecule has 14 heteroatoms. The van der Waals surface area contributed by atoms with Crippen LogP contribution in [-0.2, 0) is 42.5 Å². The van der Waals surface area contributed by atoms with Gasteiger partial charge in [-0.1, -0.05) is 6.07 Å². The van der Waals surface area contributed by atoms with Gasteiger partial charge in [-0.3, -0.25) is 14.4 Å². The molecule has 1 fully saturated rings. The fourth-order valence-electron chi connectivity index (χ4n) is 5.51. The van der Waals surface area contributed by atoms with Gasteiger partial charge in [0.05, 0.1) is 31.0 Å². The summed E-state index contributed by atoms with van der Waals surface area (Å²) in [5.41, 5.74) is -0.897. The highest BCUT2D eigenvalue weighted by Crippen LogP contribution is 2.44. The molecule has 0 aliphatic carbocycles. The van der Waals surface area contributed by atoms with Gasteiger partial charge < -0.3 is 40.1 Å². The molecule has 2 aliphatic rings. The molecule has 2 aliphatic heterocycles. The van der Waals surface area contributed by atoms with E-state index in [1.807, 2.05) is 0 Å². The summed E-state index contributed by atoms with van der Waals surface area (Å²) in [5, 5.41) is 43.5. The molecule has 1 spiro atoms. The normalized spacial score (nSPS) is 16.4. The second-order valence-corrected chi connectivity index (χ2v) is 11.3. The van der Waals surface area contributed by atoms with E-state index in [0.717, 1.165) is 11.1 Å². The molecule has 44 heavy (non-hydrogen) atoms. The van der Waals surface area contributed by atoms with Crippen LogP contribution in [0, 0.1) is 17.6 Å². The fraction of sp³-hybridized carbons (Fsp3) is 0.467. The third-order valence-corrected chi connectivity index (χ3v) is 7.78. The highest BCUT2D eigenvalue weighted by atomic mass is 19.1. The molecule has 1 amide bonds. The van der Waals surface area contributed by atoms with Crippen molar-refractivity contribution in [1.82, 2.24) is 9.80 Å². The Hall–Kier alpha value is -4.14. The molecular weight excluding hydrogens is 586 g/mol. The van der Waals surface area contributed by atoms with Crippen LogP contribution in [-0.4, -0.2) is 98.5 Å². The lowest BCUT2D eigenvalue weighted by Gasteiger charge is -2.40. The van der Waals surface area contributed by atoms with Gasteiger partial charge >= 0.3 is 17.9 Å². The van der Waals surface area contributed by atoms with Crippen molar-refractivity contribution in [1.29, 1.82) is 0 Å². The standard InChI is InChI=1S/C24H28F2N2O3.C6H8O7/c1-27(2)23(30)18(11-17-12-20(29)5-6-22(17)26)14-28-9-7-24(8-10-28)21-13-19(25)4-3-16(21)15-31-24;7-3(8)1-6(13,5(11)12)2-4(9)10/h3-6,12-13,18,29H,7-11,14-15H2,1-2H3;13H,1-2H2,(H,7,8)(H,9,10)(H,11,12). The summed E-state index contributed by atoms with van der Waals surface area (Å²) >= 11 is 0. The summed E-state index contributed by atoms with van der Waals surface area (Å²) in [5.74, 6) is -6.23. The number of carbonyl (C=O) groups excluding carboxylic acids is 1. The van der Waals surface area contributed by atoms with Gasteiger partial charge in [-0.15, -0.1) is 0 Å². The van der Waals surface area contributed by atoms with E-state index in [0.29, 0.717) is 44.6 Å². The molecule has 1 saturated heterocycles. The van der Waals surface area contributed by atoms with Gasteiger partial charge in [0, 0.05) is 33.7 Å². The number of aliphatic carboxylic acids is 3. The summed E-state index contributed by atoms with van der Waals surface area (Å²) in [6, 6.07) is 8.75. The molecule has 5 N–H and O–H groups in total. The number of benzene rings is 2. The largest absolute Gasteiger partial charge is 0.508 e. The molecule has 2 aromatic rings. The van der Waals surface area contributed by atoms with Crippen molar-refractivity contribution < 1.29 is 58.2 Å². The monoisotopic (exact) mass is 622 g/mol. The van der Waals surface area contributed by atoms with Crippen molar-refractivity contribution >= 4 is 23.8 Å². The van der Waals surface area contributed by atoms with E-state index in [2.05, 4.69) is 4.90 Å². The predicted octanol–water partition coefficient (Wildman–Crippen LogP) is 2.19. The van der Waals surface area contributed by atoms with Crippen LogP contribution in [0.3, 0.4) is 0 Å². The number of halogens is 2. The Morgan fingerprint density at radius 2 is 1.61 bits per heavy atom. The number of ether oxygens (including phenoxy) is 1. The molecular formula is C30H36F2N2O10. The lowest BCUT2D eigenvalue weighted by Crippen LogP contribution is -2.46. The van der Waals surface area contributed by atoms with Gasteiger partial charge in [-0.2, -0.15) is 0 Å². The second kappa shape index (κ2) is 14.1. The maximum Gasteiger partial charge on any atom is 0.336 e. The van der Waals surface area contributed by atoms with Crippen LogP contribution in [0.15, 0.2) is 36.4 Å². The van der Waals surface area contributed by atoms with Crippen molar-refractivity contribution in [2.75, 3.05) is 33.7 Å². The van der Waals surface area contributed by atoms with Crippen molar-refractivity contribution in [3.05, 3.63) is 64.7 Å². The van der Waals surface area contributed by atoms with Crippen LogP contribution in [0.1, 0.15) is 42.4 Å². The summed E-state index contributed by atoms with van der Waals surface area (Å²) in [6.45, 7) is 2.39. The lowest BCUT2D eigenvalue weighted by molar-refractivity contribution is -0.170. The molecule has 0 bridgehead atoms. The number of carbonyl (C=O) groups is 4. The van der Waals surface area contributed by atoms with Crippen LogP contribution in [0.2, 0.25) is 0 Å². The highest BCUT2D eigenvalue weighted by molar-refractivity contribution is 5.88. The molecule has 0 saturated carbocycles. The molecule has 2 aromatic carbocycles. The molecule has 12 nitrogen and oxygen atoms in total. The number of phenols is 1. The van der Waals surface area contributed by atoms with Crippen LogP contribution < -0.4 is 0 Å². The van der Waals surface area contributed by atoms with E-state index in [9.17, 15) is 33.1 Å². The minimum absolute atomic E-state index is 0.0170. The minimum Gasteiger partial charge on any atom is -0.508 e. The second-order valence-electron chi connectivity index (χ2n) is 11.3. The number of amides is 1. The van der Waals surface area contributed by atoms with Crippen molar-refractivity contribution in [2.24, 2.45) is 5.92 Å². The Bertz CT molecular complexity index is 1380. The van der Waals surface area contributed by atoms with Gasteiger partial charge in [-0.05, 0) is 66.3 Å². The maximum absolute atomic E-state index is 14.2. The summed E-state index contributed by atoms with van der Waals surface area (Å²) in [6.07, 6.45) is -0.646. The fourth-order valence-corrected chi connectivity index (χ4v) is 5.51. The number of phenolic OH excluding ortho intramolecular Hbond substituents is 1. The van der Waals surface area contributed by atoms with Gasteiger partial charge in [0.15, 0.2) is 5.60 Å². The van der Waals surface area contributed by atoms with Crippen LogP contribution in [0.5, 0.6) is 5.75 Å². The zero-order chi connectivity index (χ0) is 32.8. The molecule has 0 aromatic heterocycles. The third kappa shape index (κ3) is 8.49. The summed E-state index contributed by atoms with van der Waals surface area (Å²) < 4.78 is 34.2. The van der Waals surface area contributed by atoms with Crippen molar-refractivity contribution in [3.8, 4) is 5.75 Å². The first-order chi connectivity index (χ1) is 20.5. The zero-order valence-corrected chi connectivity index (χ0v) is 24.3. The lowest BCUT2D eigenvalue weighted by atomic mass is 9.83.